The fraction of sp³-hybridized carbons (Fsp3) is 0.357. The first-order valence-electron chi connectivity index (χ1n) is 24.8. The second-order valence-corrected chi connectivity index (χ2v) is 17.9. The van der Waals surface area contributed by atoms with Crippen molar-refractivity contribution in [3.63, 3.8) is 0 Å². The predicted molar refractivity (Wildman–Crippen MR) is 289 cm³/mol. The summed E-state index contributed by atoms with van der Waals surface area (Å²) in [5.74, 6) is -0.273. The van der Waals surface area contributed by atoms with Crippen LogP contribution in [0.4, 0.5) is 34.1 Å². The number of hydrogen-bond acceptors (Lipinski definition) is 12. The molecule has 0 aliphatic carbocycles. The summed E-state index contributed by atoms with van der Waals surface area (Å²) < 4.78 is 10.9. The number of rotatable bonds is 16. The number of anilines is 6. The van der Waals surface area contributed by atoms with Crippen LogP contribution < -0.4 is 46.6 Å². The summed E-state index contributed by atoms with van der Waals surface area (Å²) >= 11 is 0. The van der Waals surface area contributed by atoms with E-state index >= 15 is 0 Å². The van der Waals surface area contributed by atoms with E-state index in [1.54, 1.807) is 62.4 Å². The van der Waals surface area contributed by atoms with Crippen LogP contribution in [-0.2, 0) is 0 Å². The van der Waals surface area contributed by atoms with Crippen molar-refractivity contribution in [3.8, 4) is 0 Å². The van der Waals surface area contributed by atoms with Crippen LogP contribution in [0.25, 0.3) is 0 Å². The molecule has 0 spiro atoms. The Kier molecular flexibility index (Phi) is 19.9. The van der Waals surface area contributed by atoms with Gasteiger partial charge < -0.3 is 60.5 Å². The minimum atomic E-state index is -1.04. The highest BCUT2D eigenvalue weighted by Gasteiger charge is 2.25. The third-order valence-corrected chi connectivity index (χ3v) is 12.5. The number of aromatic carboxylic acids is 1. The Balaban J connectivity index is 0.000000213. The van der Waals surface area contributed by atoms with E-state index in [1.807, 2.05) is 25.2 Å². The molecule has 4 aromatic carbocycles. The zero-order valence-corrected chi connectivity index (χ0v) is 42.6. The average Bonchev–Trinajstić information content (AvgIpc) is 4.04. The first kappa shape index (κ1) is 53.8. The SMILES string of the molecule is CCCCNC.Cc1ccc(C(=O)Nc2cc(C(=O)NCCCN)ccc2N2CCN(c3ccccc3C)CC2)o1.Cc1ccc(C(=O)Nc2cc(C(=O)O)ccc2N2CCN(c3ccccc3C)CC2)o1. The van der Waals surface area contributed by atoms with Crippen molar-refractivity contribution in [3.05, 3.63) is 154 Å². The van der Waals surface area contributed by atoms with Gasteiger partial charge in [-0.15, -0.1) is 0 Å². The molecule has 2 aliphatic rings. The number of carbonyl (C=O) groups excluding carboxylic acids is 3. The van der Waals surface area contributed by atoms with Gasteiger partial charge in [0.25, 0.3) is 17.7 Å². The summed E-state index contributed by atoms with van der Waals surface area (Å²) in [4.78, 5) is 58.8. The molecule has 6 aromatic rings. The molecule has 0 radical (unpaired) electrons. The number of nitrogens with zero attached hydrogens (tertiary/aromatic N) is 4. The molecule has 7 N–H and O–H groups in total. The quantitative estimate of drug-likeness (QED) is 0.0504. The Bertz CT molecular complexity index is 2730. The summed E-state index contributed by atoms with van der Waals surface area (Å²) in [6.07, 6.45) is 3.30. The summed E-state index contributed by atoms with van der Waals surface area (Å²) in [6, 6.07) is 33.7. The number of nitrogens with two attached hydrogens (primary N) is 1. The molecule has 0 atom stereocenters. The molecule has 0 saturated carbocycles. The van der Waals surface area contributed by atoms with Gasteiger partial charge in [0.2, 0.25) is 0 Å². The number of carboxylic acids is 1. The molecule has 0 bridgehead atoms. The maximum atomic E-state index is 12.9. The first-order valence-corrected chi connectivity index (χ1v) is 24.8. The number of carboxylic acid groups (broad SMARTS) is 1. The number of piperazine rings is 2. The van der Waals surface area contributed by atoms with Crippen LogP contribution in [0.5, 0.6) is 0 Å². The molecule has 2 aliphatic heterocycles. The number of hydrogen-bond donors (Lipinski definition) is 6. The maximum Gasteiger partial charge on any atom is 0.335 e. The van der Waals surface area contributed by atoms with E-state index in [-0.39, 0.29) is 28.9 Å². The van der Waals surface area contributed by atoms with Crippen LogP contribution >= 0.6 is 0 Å². The second-order valence-electron chi connectivity index (χ2n) is 17.9. The Labute approximate surface area is 423 Å². The van der Waals surface area contributed by atoms with Crippen molar-refractivity contribution in [1.82, 2.24) is 10.6 Å². The van der Waals surface area contributed by atoms with Gasteiger partial charge >= 0.3 is 5.97 Å². The molecule has 2 saturated heterocycles. The van der Waals surface area contributed by atoms with Crippen LogP contribution in [0.1, 0.15) is 90.7 Å². The molecular weight excluding hydrogens is 911 g/mol. The van der Waals surface area contributed by atoms with Crippen LogP contribution in [0, 0.1) is 27.7 Å². The van der Waals surface area contributed by atoms with Crippen molar-refractivity contribution in [2.45, 2.75) is 53.9 Å². The van der Waals surface area contributed by atoms with Gasteiger partial charge in [0.15, 0.2) is 11.5 Å². The van der Waals surface area contributed by atoms with E-state index in [9.17, 15) is 24.3 Å². The lowest BCUT2D eigenvalue weighted by Gasteiger charge is -2.38. The largest absolute Gasteiger partial charge is 0.478 e. The minimum Gasteiger partial charge on any atom is -0.478 e. The van der Waals surface area contributed by atoms with Gasteiger partial charge in [-0.2, -0.15) is 0 Å². The zero-order chi connectivity index (χ0) is 51.6. The lowest BCUT2D eigenvalue weighted by Crippen LogP contribution is -2.47. The number of unbranched alkanes of at least 4 members (excludes halogenated alkanes) is 1. The Hall–Kier alpha value is -7.56. The molecule has 2 fully saturated rings. The van der Waals surface area contributed by atoms with Crippen molar-refractivity contribution in [2.24, 2.45) is 5.73 Å². The van der Waals surface area contributed by atoms with E-state index in [0.29, 0.717) is 48.0 Å². The van der Waals surface area contributed by atoms with Gasteiger partial charge in [0, 0.05) is 75.8 Å². The number of para-hydroxylation sites is 2. The molecule has 4 heterocycles. The van der Waals surface area contributed by atoms with E-state index in [0.717, 1.165) is 70.3 Å². The Morgan fingerprint density at radius 2 is 0.972 bits per heavy atom. The Morgan fingerprint density at radius 3 is 1.35 bits per heavy atom. The smallest absolute Gasteiger partial charge is 0.335 e. The molecule has 3 amide bonds. The zero-order valence-electron chi connectivity index (χ0n) is 42.6. The van der Waals surface area contributed by atoms with Crippen LogP contribution in [0.15, 0.2) is 118 Å². The maximum absolute atomic E-state index is 12.9. The standard InChI is InChI=1S/C27H33N5O3.C24H25N3O4.C5H13N/c1-19-6-3-4-7-23(19)31-14-16-32(17-15-31)24-10-9-21(26(33)29-13-5-12-28)18-22(24)30-27(34)25-11-8-20(2)35-25;1-16-5-3-4-6-20(16)26-11-13-27(14-12-26)21-9-8-18(24(29)30)15-19(21)25-23(28)22-10-7-17(2)31-22;1-3-4-5-6-2/h3-4,6-11,18H,5,12-17,28H2,1-2H3,(H,29,33)(H,30,34);3-10,15H,11-14H2,1-2H3,(H,25,28)(H,29,30);6H,3-5H2,1-2H3. The normalized spacial score (nSPS) is 13.3. The highest BCUT2D eigenvalue weighted by molar-refractivity contribution is 6.06. The average molecular weight is 982 g/mol. The third kappa shape index (κ3) is 14.7. The van der Waals surface area contributed by atoms with Gasteiger partial charge in [-0.25, -0.2) is 4.79 Å². The van der Waals surface area contributed by atoms with Gasteiger partial charge in [0.1, 0.15) is 11.5 Å². The van der Waals surface area contributed by atoms with Gasteiger partial charge in [-0.1, -0.05) is 49.7 Å². The Morgan fingerprint density at radius 1 is 0.542 bits per heavy atom. The number of amides is 3. The third-order valence-electron chi connectivity index (χ3n) is 12.5. The van der Waals surface area contributed by atoms with Crippen LogP contribution in [0.3, 0.4) is 0 Å². The van der Waals surface area contributed by atoms with Gasteiger partial charge in [-0.3, -0.25) is 14.4 Å². The summed E-state index contributed by atoms with van der Waals surface area (Å²) in [5, 5.41) is 21.1. The molecule has 8 rings (SSSR count). The second kappa shape index (κ2) is 26.6. The van der Waals surface area contributed by atoms with Crippen LogP contribution in [-0.4, -0.2) is 108 Å². The van der Waals surface area contributed by atoms with E-state index in [2.05, 4.69) is 98.0 Å². The number of furan rings is 2. The van der Waals surface area contributed by atoms with Gasteiger partial charge in [-0.05, 0) is 145 Å². The topological polar surface area (TPSA) is 202 Å². The summed E-state index contributed by atoms with van der Waals surface area (Å²) in [5.41, 5.74) is 13.8. The molecular formula is C56H71N9O7. The van der Waals surface area contributed by atoms with Crippen LogP contribution in [0.2, 0.25) is 0 Å². The van der Waals surface area contributed by atoms with E-state index < -0.39 is 11.9 Å². The summed E-state index contributed by atoms with van der Waals surface area (Å²) in [7, 11) is 1.98. The number of carbonyl (C=O) groups is 4. The van der Waals surface area contributed by atoms with Crippen molar-refractivity contribution in [2.75, 3.05) is 109 Å². The first-order chi connectivity index (χ1) is 34.8. The summed E-state index contributed by atoms with van der Waals surface area (Å²) in [6.45, 7) is 18.6. The minimum absolute atomic E-state index is 0.119. The lowest BCUT2D eigenvalue weighted by molar-refractivity contribution is 0.0696. The predicted octanol–water partition coefficient (Wildman–Crippen LogP) is 8.73. The van der Waals surface area contributed by atoms with Gasteiger partial charge in [0.05, 0.1) is 28.3 Å². The number of nitrogens with one attached hydrogen (secondary N) is 4. The molecule has 16 nitrogen and oxygen atoms in total. The van der Waals surface area contributed by atoms with Crippen molar-refractivity contribution >= 4 is 57.8 Å². The highest BCUT2D eigenvalue weighted by atomic mass is 16.4. The molecule has 382 valence electrons. The monoisotopic (exact) mass is 982 g/mol. The fourth-order valence-corrected chi connectivity index (χ4v) is 8.55. The van der Waals surface area contributed by atoms with Crippen molar-refractivity contribution in [1.29, 1.82) is 0 Å². The number of aryl methyl sites for hydroxylation is 4. The molecule has 72 heavy (non-hydrogen) atoms. The fourth-order valence-electron chi connectivity index (χ4n) is 8.55. The highest BCUT2D eigenvalue weighted by Crippen LogP contribution is 2.32. The van der Waals surface area contributed by atoms with E-state index in [4.69, 9.17) is 14.6 Å². The lowest BCUT2D eigenvalue weighted by atomic mass is 10.1. The molecule has 2 aromatic heterocycles. The van der Waals surface area contributed by atoms with Crippen molar-refractivity contribution < 1.29 is 33.1 Å². The molecule has 0 unspecified atom stereocenters. The number of benzene rings is 4. The van der Waals surface area contributed by atoms with E-state index in [1.165, 1.54) is 41.4 Å². The molecule has 16 heteroatoms.